The first-order valence-corrected chi connectivity index (χ1v) is 9.36. The molecule has 0 saturated carbocycles. The van der Waals surface area contributed by atoms with Crippen LogP contribution >= 0.6 is 22.7 Å². The van der Waals surface area contributed by atoms with Crippen molar-refractivity contribution in [3.05, 3.63) is 57.6 Å². The molecule has 0 bridgehead atoms. The summed E-state index contributed by atoms with van der Waals surface area (Å²) >= 11 is 3.42. The van der Waals surface area contributed by atoms with Crippen LogP contribution in [0.5, 0.6) is 0 Å². The predicted molar refractivity (Wildman–Crippen MR) is 98.9 cm³/mol. The van der Waals surface area contributed by atoms with Gasteiger partial charge in [-0.25, -0.2) is 0 Å². The van der Waals surface area contributed by atoms with E-state index in [4.69, 9.17) is 0 Å². The van der Waals surface area contributed by atoms with Crippen molar-refractivity contribution >= 4 is 38.7 Å². The second-order valence-corrected chi connectivity index (χ2v) is 7.59. The molecule has 120 valence electrons. The number of rotatable bonds is 6. The Morgan fingerprint density at radius 2 is 2.04 bits per heavy atom. The molecule has 0 radical (unpaired) electrons. The molecule has 1 amide bonds. The minimum Gasteiger partial charge on any atom is -0.350 e. The first-order valence-electron chi connectivity index (χ1n) is 7.60. The molecule has 1 aromatic carbocycles. The third-order valence-electron chi connectivity index (χ3n) is 4.04. The highest BCUT2D eigenvalue weighted by molar-refractivity contribution is 7.17. The molecule has 2 heterocycles. The maximum absolute atomic E-state index is 12.3. The van der Waals surface area contributed by atoms with Crippen molar-refractivity contribution in [2.45, 2.75) is 26.1 Å². The highest BCUT2D eigenvalue weighted by atomic mass is 32.1. The van der Waals surface area contributed by atoms with Crippen LogP contribution in [0.4, 0.5) is 0 Å². The highest BCUT2D eigenvalue weighted by Crippen LogP contribution is 2.26. The lowest BCUT2D eigenvalue weighted by Gasteiger charge is -2.23. The molecular weight excluding hydrogens is 324 g/mol. The van der Waals surface area contributed by atoms with E-state index < -0.39 is 0 Å². The molecule has 0 spiro atoms. The average molecular weight is 345 g/mol. The van der Waals surface area contributed by atoms with Gasteiger partial charge >= 0.3 is 0 Å². The van der Waals surface area contributed by atoms with Crippen molar-refractivity contribution in [2.24, 2.45) is 0 Å². The molecule has 0 aliphatic carbocycles. The molecule has 3 nitrogen and oxygen atoms in total. The van der Waals surface area contributed by atoms with E-state index in [2.05, 4.69) is 39.9 Å². The van der Waals surface area contributed by atoms with E-state index in [9.17, 15) is 4.79 Å². The number of fused-ring (bicyclic) bond motifs is 1. The van der Waals surface area contributed by atoms with Crippen LogP contribution in [0.1, 0.15) is 17.4 Å². The fourth-order valence-corrected chi connectivity index (χ4v) is 4.09. The molecule has 1 atom stereocenters. The zero-order valence-electron chi connectivity index (χ0n) is 13.3. The van der Waals surface area contributed by atoms with Crippen molar-refractivity contribution in [2.75, 3.05) is 7.05 Å². The lowest BCUT2D eigenvalue weighted by Crippen LogP contribution is -2.42. The van der Waals surface area contributed by atoms with E-state index in [0.717, 1.165) is 6.54 Å². The molecule has 3 rings (SSSR count). The Labute approximate surface area is 144 Å². The zero-order valence-corrected chi connectivity index (χ0v) is 14.9. The molecule has 23 heavy (non-hydrogen) atoms. The number of thiophene rings is 2. The van der Waals surface area contributed by atoms with Crippen LogP contribution in [0.25, 0.3) is 10.1 Å². The molecule has 3 aromatic rings. The van der Waals surface area contributed by atoms with Crippen molar-refractivity contribution < 1.29 is 4.79 Å². The number of nitrogens with zero attached hydrogens (tertiary/aromatic N) is 1. The Kier molecular flexibility index (Phi) is 5.10. The quantitative estimate of drug-likeness (QED) is 0.730. The first-order chi connectivity index (χ1) is 11.1. The summed E-state index contributed by atoms with van der Waals surface area (Å²) < 4.78 is 1.30. The molecule has 2 aromatic heterocycles. The van der Waals surface area contributed by atoms with E-state index >= 15 is 0 Å². The lowest BCUT2D eigenvalue weighted by molar-refractivity contribution is -0.125. The Morgan fingerprint density at radius 3 is 2.83 bits per heavy atom. The van der Waals surface area contributed by atoms with Gasteiger partial charge < -0.3 is 5.32 Å². The third-order valence-corrected chi connectivity index (χ3v) is 5.93. The first kappa shape index (κ1) is 16.2. The van der Waals surface area contributed by atoms with Gasteiger partial charge in [-0.1, -0.05) is 24.3 Å². The highest BCUT2D eigenvalue weighted by Gasteiger charge is 2.19. The van der Waals surface area contributed by atoms with Gasteiger partial charge in [-0.3, -0.25) is 9.69 Å². The van der Waals surface area contributed by atoms with Gasteiger partial charge in [0.25, 0.3) is 0 Å². The second-order valence-electron chi connectivity index (χ2n) is 5.65. The second kappa shape index (κ2) is 7.25. The zero-order chi connectivity index (χ0) is 16.2. The lowest BCUT2D eigenvalue weighted by atomic mass is 10.1. The van der Waals surface area contributed by atoms with Crippen LogP contribution in [-0.2, 0) is 17.9 Å². The van der Waals surface area contributed by atoms with Crippen LogP contribution < -0.4 is 5.32 Å². The minimum atomic E-state index is -0.159. The number of hydrogen-bond acceptors (Lipinski definition) is 4. The van der Waals surface area contributed by atoms with Crippen LogP contribution in [0.2, 0.25) is 0 Å². The maximum Gasteiger partial charge on any atom is 0.237 e. The summed E-state index contributed by atoms with van der Waals surface area (Å²) in [6, 6.07) is 12.3. The fraction of sp³-hybridized carbons (Fsp3) is 0.278. The summed E-state index contributed by atoms with van der Waals surface area (Å²) in [6.07, 6.45) is 0. The number of nitrogens with one attached hydrogen (secondary N) is 1. The summed E-state index contributed by atoms with van der Waals surface area (Å²) in [6.45, 7) is 3.34. The summed E-state index contributed by atoms with van der Waals surface area (Å²) in [5, 5.41) is 8.52. The number of amides is 1. The summed E-state index contributed by atoms with van der Waals surface area (Å²) in [5.41, 5.74) is 1.28. The monoisotopic (exact) mass is 344 g/mol. The number of likely N-dealkylation sites (N-methyl/N-ethyl adjacent to an activating group) is 1. The molecular formula is C18H20N2OS2. The van der Waals surface area contributed by atoms with Gasteiger partial charge in [0.05, 0.1) is 12.6 Å². The molecule has 0 aliphatic heterocycles. The van der Waals surface area contributed by atoms with E-state index in [-0.39, 0.29) is 11.9 Å². The van der Waals surface area contributed by atoms with E-state index in [0.29, 0.717) is 6.54 Å². The van der Waals surface area contributed by atoms with Gasteiger partial charge in [0.15, 0.2) is 0 Å². The molecule has 0 saturated heterocycles. The predicted octanol–water partition coefficient (Wildman–Crippen LogP) is 4.10. The number of benzene rings is 1. The Balaban J connectivity index is 1.60. The number of carbonyl (C=O) groups is 1. The third kappa shape index (κ3) is 3.80. The minimum absolute atomic E-state index is 0.0698. The van der Waals surface area contributed by atoms with Crippen LogP contribution in [0, 0.1) is 0 Å². The van der Waals surface area contributed by atoms with E-state index in [1.807, 2.05) is 31.5 Å². The Bertz CT molecular complexity index is 779. The average Bonchev–Trinajstić information content (AvgIpc) is 3.22. The number of carbonyl (C=O) groups excluding carboxylic acids is 1. The summed E-state index contributed by atoms with van der Waals surface area (Å²) in [7, 11) is 2.00. The SMILES string of the molecule is CC(C(=O)NCc1cccs1)N(C)Cc1csc2ccccc12. The molecule has 0 fully saturated rings. The Hall–Kier alpha value is -1.69. The molecule has 0 aliphatic rings. The van der Waals surface area contributed by atoms with Gasteiger partial charge in [0, 0.05) is 16.1 Å². The smallest absolute Gasteiger partial charge is 0.237 e. The largest absolute Gasteiger partial charge is 0.350 e. The summed E-state index contributed by atoms with van der Waals surface area (Å²) in [5.74, 6) is 0.0698. The topological polar surface area (TPSA) is 32.3 Å². The van der Waals surface area contributed by atoms with Crippen molar-refractivity contribution in [1.82, 2.24) is 10.2 Å². The van der Waals surface area contributed by atoms with Crippen molar-refractivity contribution in [1.29, 1.82) is 0 Å². The van der Waals surface area contributed by atoms with Gasteiger partial charge in [-0.2, -0.15) is 0 Å². The fourth-order valence-electron chi connectivity index (χ4n) is 2.50. The van der Waals surface area contributed by atoms with Gasteiger partial charge in [-0.15, -0.1) is 22.7 Å². The Morgan fingerprint density at radius 1 is 1.22 bits per heavy atom. The van der Waals surface area contributed by atoms with E-state index in [1.165, 1.54) is 20.5 Å². The van der Waals surface area contributed by atoms with Crippen molar-refractivity contribution in [3.8, 4) is 0 Å². The normalized spacial score (nSPS) is 12.7. The van der Waals surface area contributed by atoms with Crippen LogP contribution in [0.3, 0.4) is 0 Å². The van der Waals surface area contributed by atoms with Gasteiger partial charge in [-0.05, 0) is 47.8 Å². The molecule has 5 heteroatoms. The van der Waals surface area contributed by atoms with Crippen LogP contribution in [0.15, 0.2) is 47.2 Å². The number of hydrogen-bond donors (Lipinski definition) is 1. The van der Waals surface area contributed by atoms with Gasteiger partial charge in [0.1, 0.15) is 0 Å². The molecule has 1 N–H and O–H groups in total. The van der Waals surface area contributed by atoms with Crippen LogP contribution in [-0.4, -0.2) is 23.9 Å². The maximum atomic E-state index is 12.3. The summed E-state index contributed by atoms with van der Waals surface area (Å²) in [4.78, 5) is 15.6. The van der Waals surface area contributed by atoms with E-state index in [1.54, 1.807) is 22.7 Å². The van der Waals surface area contributed by atoms with Gasteiger partial charge in [0.2, 0.25) is 5.91 Å². The standard InChI is InChI=1S/C18H20N2OS2/c1-13(18(21)19-10-15-6-5-9-22-15)20(2)11-14-12-23-17-8-4-3-7-16(14)17/h3-9,12-13H,10-11H2,1-2H3,(H,19,21). The van der Waals surface area contributed by atoms with Crippen molar-refractivity contribution in [3.63, 3.8) is 0 Å². The molecule has 1 unspecified atom stereocenters.